The number of ether oxygens (including phenoxy) is 1. The summed E-state index contributed by atoms with van der Waals surface area (Å²) < 4.78 is 28.5. The van der Waals surface area contributed by atoms with Crippen LogP contribution in [-0.2, 0) is 4.74 Å². The van der Waals surface area contributed by atoms with Crippen molar-refractivity contribution >= 4 is 0 Å². The van der Waals surface area contributed by atoms with Crippen molar-refractivity contribution in [3.63, 3.8) is 0 Å². The van der Waals surface area contributed by atoms with Gasteiger partial charge in [0, 0.05) is 31.7 Å². The van der Waals surface area contributed by atoms with E-state index in [9.17, 15) is 8.78 Å². The van der Waals surface area contributed by atoms with Crippen molar-refractivity contribution < 1.29 is 13.5 Å². The molecule has 0 aromatic heterocycles. The molecule has 1 aliphatic rings. The zero-order chi connectivity index (χ0) is 12.0. The Balaban J connectivity index is 2.17. The maximum absolute atomic E-state index is 11.8. The Hall–Kier alpha value is -0.260. The highest BCUT2D eigenvalue weighted by Crippen LogP contribution is 2.14. The number of nitrogens with one attached hydrogen (secondary N) is 1. The second-order valence-electron chi connectivity index (χ2n) is 4.58. The molecule has 1 aliphatic heterocycles. The van der Waals surface area contributed by atoms with E-state index in [-0.39, 0.29) is 5.54 Å². The van der Waals surface area contributed by atoms with Crippen LogP contribution in [0.1, 0.15) is 20.3 Å². The Bertz CT molecular complexity index is 204. The van der Waals surface area contributed by atoms with E-state index in [1.807, 2.05) is 0 Å². The average molecular weight is 236 g/mol. The van der Waals surface area contributed by atoms with Gasteiger partial charge in [0.15, 0.2) is 0 Å². The fraction of sp³-hybridized carbons (Fsp3) is 1.00. The molecule has 16 heavy (non-hydrogen) atoms. The first-order chi connectivity index (χ1) is 7.56. The molecule has 0 aromatic carbocycles. The van der Waals surface area contributed by atoms with Crippen LogP contribution >= 0.6 is 0 Å². The molecule has 0 aromatic rings. The van der Waals surface area contributed by atoms with Gasteiger partial charge in [-0.05, 0) is 13.3 Å². The molecular weight excluding hydrogens is 214 g/mol. The van der Waals surface area contributed by atoms with Crippen LogP contribution in [0.3, 0.4) is 0 Å². The van der Waals surface area contributed by atoms with Crippen molar-refractivity contribution in [1.82, 2.24) is 10.2 Å². The molecule has 0 spiro atoms. The molecule has 3 nitrogen and oxygen atoms in total. The molecule has 0 saturated carbocycles. The Labute approximate surface area is 96.1 Å². The summed E-state index contributed by atoms with van der Waals surface area (Å²) in [5, 5.41) is 3.48. The molecule has 5 heteroatoms. The Morgan fingerprint density at radius 3 is 2.88 bits per heavy atom. The van der Waals surface area contributed by atoms with Crippen molar-refractivity contribution in [1.29, 1.82) is 0 Å². The van der Waals surface area contributed by atoms with E-state index in [4.69, 9.17) is 4.74 Å². The number of rotatable bonds is 6. The molecule has 0 amide bonds. The lowest BCUT2D eigenvalue weighted by Gasteiger charge is -2.41. The van der Waals surface area contributed by atoms with Gasteiger partial charge in [0.2, 0.25) is 0 Å². The largest absolute Gasteiger partial charge is 0.374 e. The van der Waals surface area contributed by atoms with Gasteiger partial charge < -0.3 is 10.1 Å². The highest BCUT2D eigenvalue weighted by atomic mass is 19.3. The van der Waals surface area contributed by atoms with Gasteiger partial charge in [-0.15, -0.1) is 0 Å². The van der Waals surface area contributed by atoms with Crippen LogP contribution < -0.4 is 5.32 Å². The molecular formula is C11H22F2N2O. The number of piperazine rings is 1. The van der Waals surface area contributed by atoms with Gasteiger partial charge in [-0.2, -0.15) is 0 Å². The number of hydrogen-bond acceptors (Lipinski definition) is 3. The molecule has 0 aliphatic carbocycles. The maximum Gasteiger partial charge on any atom is 0.261 e. The Kier molecular flexibility index (Phi) is 5.58. The van der Waals surface area contributed by atoms with Crippen molar-refractivity contribution in [2.45, 2.75) is 32.2 Å². The van der Waals surface area contributed by atoms with Crippen molar-refractivity contribution in [2.75, 3.05) is 39.4 Å². The van der Waals surface area contributed by atoms with E-state index in [0.29, 0.717) is 6.61 Å². The summed E-state index contributed by atoms with van der Waals surface area (Å²) in [7, 11) is 0. The van der Waals surface area contributed by atoms with E-state index < -0.39 is 13.0 Å². The average Bonchev–Trinajstić information content (AvgIpc) is 2.24. The molecule has 1 heterocycles. The predicted octanol–water partition coefficient (Wildman–Crippen LogP) is 1.34. The zero-order valence-electron chi connectivity index (χ0n) is 10.1. The number of nitrogens with zero attached hydrogens (tertiary/aromatic N) is 1. The van der Waals surface area contributed by atoms with Crippen LogP contribution in [0.4, 0.5) is 8.78 Å². The molecule has 1 unspecified atom stereocenters. The van der Waals surface area contributed by atoms with E-state index in [1.165, 1.54) is 0 Å². The SMILES string of the molecule is CCC1(C)CN(CCOCC(F)F)CCN1. The zero-order valence-corrected chi connectivity index (χ0v) is 10.1. The van der Waals surface area contributed by atoms with Gasteiger partial charge in [-0.25, -0.2) is 8.78 Å². The first-order valence-corrected chi connectivity index (χ1v) is 5.89. The molecule has 1 N–H and O–H groups in total. The van der Waals surface area contributed by atoms with Gasteiger partial charge in [0.05, 0.1) is 6.61 Å². The summed E-state index contributed by atoms with van der Waals surface area (Å²) in [6.07, 6.45) is -1.29. The van der Waals surface area contributed by atoms with Gasteiger partial charge >= 0.3 is 0 Å². The molecule has 1 saturated heterocycles. The number of hydrogen-bond donors (Lipinski definition) is 1. The van der Waals surface area contributed by atoms with Gasteiger partial charge in [-0.3, -0.25) is 4.90 Å². The molecule has 1 fully saturated rings. The number of halogens is 2. The predicted molar refractivity (Wildman–Crippen MR) is 60.0 cm³/mol. The van der Waals surface area contributed by atoms with E-state index in [2.05, 4.69) is 24.1 Å². The van der Waals surface area contributed by atoms with Crippen LogP contribution in [0.25, 0.3) is 0 Å². The monoisotopic (exact) mass is 236 g/mol. The molecule has 0 bridgehead atoms. The molecule has 0 radical (unpaired) electrons. The third-order valence-corrected chi connectivity index (χ3v) is 3.13. The van der Waals surface area contributed by atoms with Crippen LogP contribution in [0.15, 0.2) is 0 Å². The van der Waals surface area contributed by atoms with Gasteiger partial charge in [-0.1, -0.05) is 6.92 Å². The normalized spacial score (nSPS) is 27.6. The Morgan fingerprint density at radius 1 is 1.50 bits per heavy atom. The lowest BCUT2D eigenvalue weighted by molar-refractivity contribution is 0.00469. The van der Waals surface area contributed by atoms with Crippen molar-refractivity contribution in [3.05, 3.63) is 0 Å². The van der Waals surface area contributed by atoms with E-state index >= 15 is 0 Å². The summed E-state index contributed by atoms with van der Waals surface area (Å²) in [6.45, 7) is 7.92. The van der Waals surface area contributed by atoms with Gasteiger partial charge in [0.1, 0.15) is 6.61 Å². The van der Waals surface area contributed by atoms with Gasteiger partial charge in [0.25, 0.3) is 6.43 Å². The minimum Gasteiger partial charge on any atom is -0.374 e. The van der Waals surface area contributed by atoms with Crippen LogP contribution in [0.5, 0.6) is 0 Å². The van der Waals surface area contributed by atoms with Crippen LogP contribution in [0, 0.1) is 0 Å². The smallest absolute Gasteiger partial charge is 0.261 e. The second kappa shape index (κ2) is 6.47. The summed E-state index contributed by atoms with van der Waals surface area (Å²) in [5.41, 5.74) is 0.154. The van der Waals surface area contributed by atoms with Crippen molar-refractivity contribution in [2.24, 2.45) is 0 Å². The first-order valence-electron chi connectivity index (χ1n) is 5.89. The summed E-state index contributed by atoms with van der Waals surface area (Å²) in [6, 6.07) is 0. The second-order valence-corrected chi connectivity index (χ2v) is 4.58. The number of alkyl halides is 2. The molecule has 1 atom stereocenters. The minimum atomic E-state index is -2.36. The lowest BCUT2D eigenvalue weighted by atomic mass is 9.96. The highest BCUT2D eigenvalue weighted by molar-refractivity contribution is 4.89. The minimum absolute atomic E-state index is 0.154. The first kappa shape index (κ1) is 13.8. The summed E-state index contributed by atoms with van der Waals surface area (Å²) in [5.74, 6) is 0. The lowest BCUT2D eigenvalue weighted by Crippen LogP contribution is -2.58. The third kappa shape index (κ3) is 4.72. The fourth-order valence-electron chi connectivity index (χ4n) is 1.94. The molecule has 96 valence electrons. The van der Waals surface area contributed by atoms with Crippen molar-refractivity contribution in [3.8, 4) is 0 Å². The van der Waals surface area contributed by atoms with Crippen LogP contribution in [0.2, 0.25) is 0 Å². The highest BCUT2D eigenvalue weighted by Gasteiger charge is 2.28. The fourth-order valence-corrected chi connectivity index (χ4v) is 1.94. The third-order valence-electron chi connectivity index (χ3n) is 3.13. The molecule has 1 rings (SSSR count). The maximum atomic E-state index is 11.8. The van der Waals surface area contributed by atoms with E-state index in [0.717, 1.165) is 32.6 Å². The summed E-state index contributed by atoms with van der Waals surface area (Å²) >= 11 is 0. The van der Waals surface area contributed by atoms with E-state index in [1.54, 1.807) is 0 Å². The Morgan fingerprint density at radius 2 is 2.25 bits per heavy atom. The standard InChI is InChI=1S/C11H22F2N2O/c1-3-11(2)9-15(5-4-14-11)6-7-16-8-10(12)13/h10,14H,3-9H2,1-2H3. The topological polar surface area (TPSA) is 24.5 Å². The quantitative estimate of drug-likeness (QED) is 0.704. The summed E-state index contributed by atoms with van der Waals surface area (Å²) in [4.78, 5) is 2.27. The van der Waals surface area contributed by atoms with Crippen LogP contribution in [-0.4, -0.2) is 56.3 Å².